The number of nitrogens with one attached hydrogen (secondary N) is 3. The highest BCUT2D eigenvalue weighted by atomic mass is 16.2. The summed E-state index contributed by atoms with van der Waals surface area (Å²) in [6.07, 6.45) is 3.44. The van der Waals surface area contributed by atoms with Gasteiger partial charge in [-0.25, -0.2) is 0 Å². The summed E-state index contributed by atoms with van der Waals surface area (Å²) in [5.74, 6) is 0.173. The van der Waals surface area contributed by atoms with Gasteiger partial charge in [0.1, 0.15) is 0 Å². The first-order valence-electron chi connectivity index (χ1n) is 7.68. The first kappa shape index (κ1) is 15.3. The molecule has 0 aromatic carbocycles. The number of carbonyl (C=O) groups excluding carboxylic acids is 2. The van der Waals surface area contributed by atoms with Gasteiger partial charge in [-0.3, -0.25) is 14.5 Å². The lowest BCUT2D eigenvalue weighted by Crippen LogP contribution is -2.52. The number of nitrogens with zero attached hydrogens (tertiary/aromatic N) is 1. The molecular formula is C14H26N4O2. The number of hydrogen-bond donors (Lipinski definition) is 3. The number of piperazine rings is 1. The molecule has 0 aromatic heterocycles. The maximum absolute atomic E-state index is 12.0. The van der Waals surface area contributed by atoms with Gasteiger partial charge < -0.3 is 16.0 Å². The summed E-state index contributed by atoms with van der Waals surface area (Å²) in [5, 5.41) is 9.15. The highest BCUT2D eigenvalue weighted by Crippen LogP contribution is 2.18. The Morgan fingerprint density at radius 2 is 2.00 bits per heavy atom. The molecule has 20 heavy (non-hydrogen) atoms. The van der Waals surface area contributed by atoms with Crippen LogP contribution >= 0.6 is 0 Å². The van der Waals surface area contributed by atoms with E-state index in [4.69, 9.17) is 0 Å². The molecule has 1 heterocycles. The second kappa shape index (κ2) is 7.59. The van der Waals surface area contributed by atoms with E-state index in [9.17, 15) is 9.59 Å². The normalized spacial score (nSPS) is 21.2. The molecular weight excluding hydrogens is 256 g/mol. The number of rotatable bonds is 7. The van der Waals surface area contributed by atoms with Crippen LogP contribution in [-0.4, -0.2) is 61.5 Å². The summed E-state index contributed by atoms with van der Waals surface area (Å²) in [7, 11) is 0. The monoisotopic (exact) mass is 282 g/mol. The third-order valence-electron chi connectivity index (χ3n) is 3.90. The van der Waals surface area contributed by atoms with Crippen LogP contribution in [0.4, 0.5) is 0 Å². The van der Waals surface area contributed by atoms with Crippen molar-refractivity contribution >= 4 is 11.8 Å². The van der Waals surface area contributed by atoms with Crippen LogP contribution in [0.25, 0.3) is 0 Å². The first-order valence-corrected chi connectivity index (χ1v) is 7.68. The van der Waals surface area contributed by atoms with Crippen LogP contribution in [0.5, 0.6) is 0 Å². The minimum Gasteiger partial charge on any atom is -0.355 e. The SMILES string of the molecule is CC(C(=O)NCCCC(=O)NC1CC1)N1CCNCC1. The molecule has 1 aliphatic heterocycles. The van der Waals surface area contributed by atoms with Crippen molar-refractivity contribution in [2.24, 2.45) is 0 Å². The molecule has 6 nitrogen and oxygen atoms in total. The molecule has 2 amide bonds. The predicted molar refractivity (Wildman–Crippen MR) is 77.3 cm³/mol. The van der Waals surface area contributed by atoms with Crippen LogP contribution < -0.4 is 16.0 Å². The Hall–Kier alpha value is -1.14. The minimum absolute atomic E-state index is 0.0644. The van der Waals surface area contributed by atoms with Crippen LogP contribution in [-0.2, 0) is 9.59 Å². The van der Waals surface area contributed by atoms with Crippen LogP contribution in [0.1, 0.15) is 32.6 Å². The van der Waals surface area contributed by atoms with Crippen LogP contribution in [0.15, 0.2) is 0 Å². The Labute approximate surface area is 120 Å². The lowest BCUT2D eigenvalue weighted by molar-refractivity contribution is -0.126. The Kier molecular flexibility index (Phi) is 5.79. The third kappa shape index (κ3) is 5.09. The second-order valence-electron chi connectivity index (χ2n) is 5.70. The third-order valence-corrected chi connectivity index (χ3v) is 3.90. The summed E-state index contributed by atoms with van der Waals surface area (Å²) in [6, 6.07) is 0.335. The van der Waals surface area contributed by atoms with E-state index in [0.717, 1.165) is 39.0 Å². The van der Waals surface area contributed by atoms with E-state index in [0.29, 0.717) is 25.4 Å². The van der Waals surface area contributed by atoms with Gasteiger partial charge in [0.15, 0.2) is 0 Å². The first-order chi connectivity index (χ1) is 9.66. The Morgan fingerprint density at radius 3 is 2.65 bits per heavy atom. The fourth-order valence-electron chi connectivity index (χ4n) is 2.37. The van der Waals surface area contributed by atoms with Crippen molar-refractivity contribution in [2.75, 3.05) is 32.7 Å². The molecule has 0 radical (unpaired) electrons. The molecule has 1 unspecified atom stereocenters. The number of carbonyl (C=O) groups is 2. The van der Waals surface area contributed by atoms with Crippen molar-refractivity contribution in [3.63, 3.8) is 0 Å². The Balaban J connectivity index is 1.55. The standard InChI is InChI=1S/C14H26N4O2/c1-11(18-9-7-15-8-10-18)14(20)16-6-2-3-13(19)17-12-4-5-12/h11-12,15H,2-10H2,1H3,(H,16,20)(H,17,19). The van der Waals surface area contributed by atoms with Gasteiger partial charge in [0, 0.05) is 45.2 Å². The lowest BCUT2D eigenvalue weighted by atomic mass is 10.2. The highest BCUT2D eigenvalue weighted by molar-refractivity contribution is 5.81. The van der Waals surface area contributed by atoms with Crippen LogP contribution in [0, 0.1) is 0 Å². The molecule has 1 atom stereocenters. The van der Waals surface area contributed by atoms with Crippen molar-refractivity contribution in [2.45, 2.75) is 44.7 Å². The second-order valence-corrected chi connectivity index (χ2v) is 5.70. The molecule has 2 rings (SSSR count). The zero-order chi connectivity index (χ0) is 14.4. The molecule has 1 saturated carbocycles. The molecule has 2 fully saturated rings. The van der Waals surface area contributed by atoms with Gasteiger partial charge in [-0.15, -0.1) is 0 Å². The van der Waals surface area contributed by atoms with Gasteiger partial charge in [0.2, 0.25) is 11.8 Å². The van der Waals surface area contributed by atoms with E-state index in [-0.39, 0.29) is 17.9 Å². The molecule has 0 spiro atoms. The van der Waals surface area contributed by atoms with E-state index < -0.39 is 0 Å². The predicted octanol–water partition coefficient (Wildman–Crippen LogP) is -0.545. The molecule has 1 saturated heterocycles. The van der Waals surface area contributed by atoms with Crippen molar-refractivity contribution in [1.82, 2.24) is 20.9 Å². The van der Waals surface area contributed by atoms with Crippen molar-refractivity contribution < 1.29 is 9.59 Å². The average molecular weight is 282 g/mol. The summed E-state index contributed by atoms with van der Waals surface area (Å²) >= 11 is 0. The van der Waals surface area contributed by atoms with Crippen LogP contribution in [0.2, 0.25) is 0 Å². The fourth-order valence-corrected chi connectivity index (χ4v) is 2.37. The topological polar surface area (TPSA) is 73.5 Å². The lowest BCUT2D eigenvalue weighted by Gasteiger charge is -2.31. The Morgan fingerprint density at radius 1 is 1.30 bits per heavy atom. The summed E-state index contributed by atoms with van der Waals surface area (Å²) < 4.78 is 0. The molecule has 0 bridgehead atoms. The molecule has 1 aliphatic carbocycles. The summed E-state index contributed by atoms with van der Waals surface area (Å²) in [6.45, 7) is 6.24. The zero-order valence-electron chi connectivity index (χ0n) is 12.3. The zero-order valence-corrected chi connectivity index (χ0v) is 12.3. The molecule has 2 aliphatic rings. The highest BCUT2D eigenvalue weighted by Gasteiger charge is 2.23. The number of amides is 2. The van der Waals surface area contributed by atoms with E-state index in [2.05, 4.69) is 20.9 Å². The quantitative estimate of drug-likeness (QED) is 0.548. The summed E-state index contributed by atoms with van der Waals surface area (Å²) in [5.41, 5.74) is 0. The van der Waals surface area contributed by atoms with Crippen molar-refractivity contribution in [3.8, 4) is 0 Å². The number of hydrogen-bond acceptors (Lipinski definition) is 4. The minimum atomic E-state index is -0.0857. The van der Waals surface area contributed by atoms with Gasteiger partial charge in [0.25, 0.3) is 0 Å². The van der Waals surface area contributed by atoms with Crippen molar-refractivity contribution in [3.05, 3.63) is 0 Å². The van der Waals surface area contributed by atoms with E-state index in [1.54, 1.807) is 0 Å². The molecule has 114 valence electrons. The van der Waals surface area contributed by atoms with E-state index in [1.807, 2.05) is 6.92 Å². The smallest absolute Gasteiger partial charge is 0.237 e. The van der Waals surface area contributed by atoms with Crippen molar-refractivity contribution in [1.29, 1.82) is 0 Å². The van der Waals surface area contributed by atoms with Gasteiger partial charge in [-0.05, 0) is 26.2 Å². The molecule has 6 heteroatoms. The summed E-state index contributed by atoms with van der Waals surface area (Å²) in [4.78, 5) is 25.7. The maximum Gasteiger partial charge on any atom is 0.237 e. The average Bonchev–Trinajstić information content (AvgIpc) is 3.27. The Bertz CT molecular complexity index is 338. The largest absolute Gasteiger partial charge is 0.355 e. The van der Waals surface area contributed by atoms with E-state index in [1.165, 1.54) is 0 Å². The van der Waals surface area contributed by atoms with Crippen LogP contribution in [0.3, 0.4) is 0 Å². The molecule has 0 aromatic rings. The van der Waals surface area contributed by atoms with Gasteiger partial charge in [-0.2, -0.15) is 0 Å². The fraction of sp³-hybridized carbons (Fsp3) is 0.857. The molecule has 3 N–H and O–H groups in total. The van der Waals surface area contributed by atoms with Gasteiger partial charge in [-0.1, -0.05) is 0 Å². The van der Waals surface area contributed by atoms with E-state index >= 15 is 0 Å². The van der Waals surface area contributed by atoms with Gasteiger partial charge >= 0.3 is 0 Å². The van der Waals surface area contributed by atoms with Gasteiger partial charge in [0.05, 0.1) is 6.04 Å². The maximum atomic E-state index is 12.0.